The van der Waals surface area contributed by atoms with E-state index >= 15 is 0 Å². The quantitative estimate of drug-likeness (QED) is 0.544. The number of para-hydroxylation sites is 2. The molecule has 1 saturated heterocycles. The lowest BCUT2D eigenvalue weighted by molar-refractivity contribution is -0.129. The van der Waals surface area contributed by atoms with Crippen LogP contribution in [0.4, 0.5) is 5.69 Å². The molecule has 6 nitrogen and oxygen atoms in total. The first-order valence-electron chi connectivity index (χ1n) is 10.6. The van der Waals surface area contributed by atoms with Crippen LogP contribution < -0.4 is 9.04 Å². The predicted octanol–water partition coefficient (Wildman–Crippen LogP) is 4.41. The Balaban J connectivity index is 2.00. The maximum absolute atomic E-state index is 13.7. The zero-order valence-corrected chi connectivity index (χ0v) is 19.8. The van der Waals surface area contributed by atoms with Crippen LogP contribution in [-0.2, 0) is 14.8 Å². The van der Waals surface area contributed by atoms with Crippen LogP contribution in [-0.4, -0.2) is 51.7 Å². The van der Waals surface area contributed by atoms with E-state index in [1.807, 2.05) is 13.2 Å². The number of carbonyl (C=O) groups is 1. The first-order valence-corrected chi connectivity index (χ1v) is 13.3. The molecule has 0 spiro atoms. The summed E-state index contributed by atoms with van der Waals surface area (Å²) in [6.07, 6.45) is 6.03. The van der Waals surface area contributed by atoms with Gasteiger partial charge in [0.1, 0.15) is 12.3 Å². The van der Waals surface area contributed by atoms with Gasteiger partial charge in [-0.1, -0.05) is 25.0 Å². The van der Waals surface area contributed by atoms with E-state index < -0.39 is 10.0 Å². The smallest absolute Gasteiger partial charge is 0.264 e. The number of likely N-dealkylation sites (tertiary alicyclic amines) is 1. The molecular weight excluding hydrogens is 432 g/mol. The van der Waals surface area contributed by atoms with Crippen molar-refractivity contribution >= 4 is 33.4 Å². The van der Waals surface area contributed by atoms with Crippen LogP contribution in [0.2, 0.25) is 0 Å². The van der Waals surface area contributed by atoms with Crippen molar-refractivity contribution in [3.63, 3.8) is 0 Å². The van der Waals surface area contributed by atoms with Gasteiger partial charge < -0.3 is 9.64 Å². The first-order chi connectivity index (χ1) is 15.0. The van der Waals surface area contributed by atoms with Crippen LogP contribution in [0.3, 0.4) is 0 Å². The fourth-order valence-electron chi connectivity index (χ4n) is 3.66. The first kappa shape index (κ1) is 23.5. The average Bonchev–Trinajstić information content (AvgIpc) is 3.08. The SMILES string of the molecule is CCOc1ccccc1N(CC(=O)N1CCCCCC1)S(=O)(=O)c1ccc(SC)cc1. The van der Waals surface area contributed by atoms with Gasteiger partial charge in [-0.25, -0.2) is 8.42 Å². The molecule has 1 amide bonds. The Morgan fingerprint density at radius 2 is 1.68 bits per heavy atom. The summed E-state index contributed by atoms with van der Waals surface area (Å²) in [4.78, 5) is 16.1. The van der Waals surface area contributed by atoms with E-state index in [0.29, 0.717) is 31.1 Å². The molecule has 8 heteroatoms. The van der Waals surface area contributed by atoms with E-state index in [1.165, 1.54) is 4.31 Å². The molecule has 0 bridgehead atoms. The van der Waals surface area contributed by atoms with Crippen LogP contribution in [0.1, 0.15) is 32.6 Å². The van der Waals surface area contributed by atoms with Crippen molar-refractivity contribution in [1.82, 2.24) is 4.90 Å². The van der Waals surface area contributed by atoms with Crippen molar-refractivity contribution < 1.29 is 17.9 Å². The predicted molar refractivity (Wildman–Crippen MR) is 125 cm³/mol. The summed E-state index contributed by atoms with van der Waals surface area (Å²) in [5, 5.41) is 0. The van der Waals surface area contributed by atoms with Gasteiger partial charge in [-0.15, -0.1) is 11.8 Å². The van der Waals surface area contributed by atoms with E-state index in [0.717, 1.165) is 30.6 Å². The van der Waals surface area contributed by atoms with Crippen LogP contribution in [0, 0.1) is 0 Å². The minimum Gasteiger partial charge on any atom is -0.492 e. The van der Waals surface area contributed by atoms with Gasteiger partial charge in [0, 0.05) is 18.0 Å². The normalized spacial score (nSPS) is 14.7. The lowest BCUT2D eigenvalue weighted by Crippen LogP contribution is -2.43. The number of rotatable bonds is 8. The van der Waals surface area contributed by atoms with Crippen LogP contribution in [0.5, 0.6) is 5.75 Å². The highest BCUT2D eigenvalue weighted by Crippen LogP contribution is 2.33. The van der Waals surface area contributed by atoms with Crippen molar-refractivity contribution in [1.29, 1.82) is 0 Å². The molecule has 0 radical (unpaired) electrons. The second-order valence-electron chi connectivity index (χ2n) is 7.38. The standard InChI is InChI=1S/C23H30N2O4S2/c1-3-29-22-11-7-6-10-21(22)25(18-23(26)24-16-8-4-5-9-17-24)31(27,28)20-14-12-19(30-2)13-15-20/h6-7,10-15H,3-5,8-9,16-18H2,1-2H3. The molecule has 0 saturated carbocycles. The number of carbonyl (C=O) groups excluding carboxylic acids is 1. The second-order valence-corrected chi connectivity index (χ2v) is 10.1. The van der Waals surface area contributed by atoms with Crippen LogP contribution in [0.25, 0.3) is 0 Å². The summed E-state index contributed by atoms with van der Waals surface area (Å²) < 4.78 is 34.2. The number of nitrogens with zero attached hydrogens (tertiary/aromatic N) is 2. The van der Waals surface area contributed by atoms with E-state index in [9.17, 15) is 13.2 Å². The van der Waals surface area contributed by atoms with Crippen molar-refractivity contribution in [3.05, 3.63) is 48.5 Å². The molecule has 31 heavy (non-hydrogen) atoms. The van der Waals surface area contributed by atoms with E-state index in [2.05, 4.69) is 0 Å². The van der Waals surface area contributed by atoms with Gasteiger partial charge in [0.2, 0.25) is 5.91 Å². The molecule has 0 atom stereocenters. The maximum Gasteiger partial charge on any atom is 0.264 e. The number of anilines is 1. The van der Waals surface area contributed by atoms with Gasteiger partial charge in [0.05, 0.1) is 17.2 Å². The molecule has 0 unspecified atom stereocenters. The average molecular weight is 463 g/mol. The highest BCUT2D eigenvalue weighted by atomic mass is 32.2. The van der Waals surface area contributed by atoms with Crippen molar-refractivity contribution in [3.8, 4) is 5.75 Å². The lowest BCUT2D eigenvalue weighted by atomic mass is 10.2. The third-order valence-corrected chi connectivity index (χ3v) is 7.84. The zero-order valence-electron chi connectivity index (χ0n) is 18.1. The molecule has 3 rings (SSSR count). The molecule has 0 aliphatic carbocycles. The Kier molecular flexibility index (Phi) is 8.26. The summed E-state index contributed by atoms with van der Waals surface area (Å²) in [7, 11) is -3.97. The molecule has 2 aromatic rings. The molecule has 168 valence electrons. The van der Waals surface area contributed by atoms with E-state index in [4.69, 9.17) is 4.74 Å². The van der Waals surface area contributed by atoms with Crippen molar-refractivity contribution in [2.75, 3.05) is 36.8 Å². The highest BCUT2D eigenvalue weighted by molar-refractivity contribution is 7.98. The molecular formula is C23H30N2O4S2. The highest BCUT2D eigenvalue weighted by Gasteiger charge is 2.31. The number of amides is 1. The summed E-state index contributed by atoms with van der Waals surface area (Å²) in [5.74, 6) is 0.260. The van der Waals surface area contributed by atoms with E-state index in [1.54, 1.807) is 65.2 Å². The Labute approximate surface area is 189 Å². The number of sulfonamides is 1. The second kappa shape index (κ2) is 10.9. The number of hydrogen-bond acceptors (Lipinski definition) is 5. The molecule has 2 aromatic carbocycles. The minimum atomic E-state index is -3.97. The maximum atomic E-state index is 13.7. The summed E-state index contributed by atoms with van der Waals surface area (Å²) in [5.41, 5.74) is 0.376. The molecule has 1 heterocycles. The van der Waals surface area contributed by atoms with Crippen molar-refractivity contribution in [2.24, 2.45) is 0 Å². The van der Waals surface area contributed by atoms with Crippen LogP contribution >= 0.6 is 11.8 Å². The van der Waals surface area contributed by atoms with Gasteiger partial charge in [0.25, 0.3) is 10.0 Å². The Hall–Kier alpha value is -2.19. The molecule has 1 aliphatic rings. The molecule has 0 N–H and O–H groups in total. The summed E-state index contributed by atoms with van der Waals surface area (Å²) in [6.45, 7) is 3.33. The van der Waals surface area contributed by atoms with Crippen LogP contribution in [0.15, 0.2) is 58.3 Å². The Morgan fingerprint density at radius 3 is 2.29 bits per heavy atom. The zero-order chi connectivity index (χ0) is 22.3. The fourth-order valence-corrected chi connectivity index (χ4v) is 5.49. The largest absolute Gasteiger partial charge is 0.492 e. The topological polar surface area (TPSA) is 66.9 Å². The monoisotopic (exact) mass is 462 g/mol. The van der Waals surface area contributed by atoms with Gasteiger partial charge >= 0.3 is 0 Å². The molecule has 0 aromatic heterocycles. The van der Waals surface area contributed by atoms with Gasteiger partial charge in [0.15, 0.2) is 0 Å². The van der Waals surface area contributed by atoms with Gasteiger partial charge in [-0.05, 0) is 62.4 Å². The van der Waals surface area contributed by atoms with Crippen molar-refractivity contribution in [2.45, 2.75) is 42.4 Å². The number of benzene rings is 2. The fraction of sp³-hybridized carbons (Fsp3) is 0.435. The number of ether oxygens (including phenoxy) is 1. The Morgan fingerprint density at radius 1 is 1.03 bits per heavy atom. The Bertz CT molecular complexity index is 969. The lowest BCUT2D eigenvalue weighted by Gasteiger charge is -2.29. The number of thioether (sulfide) groups is 1. The minimum absolute atomic E-state index is 0.153. The van der Waals surface area contributed by atoms with E-state index in [-0.39, 0.29) is 17.3 Å². The third kappa shape index (κ3) is 5.74. The van der Waals surface area contributed by atoms with Gasteiger partial charge in [-0.3, -0.25) is 9.10 Å². The number of hydrogen-bond donors (Lipinski definition) is 0. The summed E-state index contributed by atoms with van der Waals surface area (Å²) >= 11 is 1.54. The van der Waals surface area contributed by atoms with Gasteiger partial charge in [-0.2, -0.15) is 0 Å². The third-order valence-electron chi connectivity index (χ3n) is 5.32. The molecule has 1 aliphatic heterocycles. The molecule has 1 fully saturated rings. The summed E-state index contributed by atoms with van der Waals surface area (Å²) in [6, 6.07) is 13.7.